The monoisotopic (exact) mass is 396 g/mol. The molecule has 1 heterocycles. The number of carbonyl (C=O) groups is 2. The molecule has 2 saturated carbocycles. The molecule has 2 aliphatic rings. The first-order chi connectivity index (χ1) is 13.7. The van der Waals surface area contributed by atoms with Gasteiger partial charge in [-0.05, 0) is 55.2 Å². The summed E-state index contributed by atoms with van der Waals surface area (Å²) in [6.45, 7) is 0.647. The Balaban J connectivity index is 1.61. The minimum Gasteiger partial charge on any atom is -0.351 e. The number of carbonyl (C=O) groups excluding carboxylic acids is 2. The summed E-state index contributed by atoms with van der Waals surface area (Å²) in [6, 6.07) is 13.0. The molecule has 28 heavy (non-hydrogen) atoms. The average molecular weight is 397 g/mol. The highest BCUT2D eigenvalue weighted by Gasteiger charge is 2.37. The summed E-state index contributed by atoms with van der Waals surface area (Å²) in [5.41, 5.74) is 0.648. The van der Waals surface area contributed by atoms with E-state index in [2.05, 4.69) is 5.32 Å². The van der Waals surface area contributed by atoms with Gasteiger partial charge in [0.25, 0.3) is 5.91 Å². The third-order valence-electron chi connectivity index (χ3n) is 5.76. The Morgan fingerprint density at radius 2 is 1.75 bits per heavy atom. The van der Waals surface area contributed by atoms with Crippen LogP contribution in [0.25, 0.3) is 0 Å². The van der Waals surface area contributed by atoms with Gasteiger partial charge in [-0.3, -0.25) is 9.59 Å². The van der Waals surface area contributed by atoms with E-state index in [1.165, 1.54) is 19.3 Å². The van der Waals surface area contributed by atoms with Crippen molar-refractivity contribution in [1.82, 2.24) is 10.2 Å². The fraction of sp³-hybridized carbons (Fsp3) is 0.478. The molecule has 2 amide bonds. The van der Waals surface area contributed by atoms with Crippen LogP contribution in [-0.2, 0) is 4.79 Å². The molecule has 1 aromatic heterocycles. The molecule has 0 aliphatic heterocycles. The van der Waals surface area contributed by atoms with Crippen molar-refractivity contribution in [2.24, 2.45) is 5.92 Å². The molecule has 2 aliphatic carbocycles. The number of rotatable bonds is 7. The zero-order valence-electron chi connectivity index (χ0n) is 16.2. The summed E-state index contributed by atoms with van der Waals surface area (Å²) in [5.74, 6) is 0.432. The Labute approximate surface area is 170 Å². The number of hydrogen-bond donors (Lipinski definition) is 1. The predicted molar refractivity (Wildman–Crippen MR) is 112 cm³/mol. The highest BCUT2D eigenvalue weighted by molar-refractivity contribution is 7.10. The predicted octanol–water partition coefficient (Wildman–Crippen LogP) is 4.79. The number of benzene rings is 1. The normalized spacial score (nSPS) is 18.4. The Bertz CT molecular complexity index is 780. The molecule has 1 aromatic carbocycles. The van der Waals surface area contributed by atoms with Gasteiger partial charge >= 0.3 is 0 Å². The van der Waals surface area contributed by atoms with Gasteiger partial charge in [-0.1, -0.05) is 43.5 Å². The van der Waals surface area contributed by atoms with Crippen LogP contribution >= 0.6 is 11.3 Å². The van der Waals surface area contributed by atoms with Crippen molar-refractivity contribution in [3.63, 3.8) is 0 Å². The maximum absolute atomic E-state index is 13.4. The van der Waals surface area contributed by atoms with Crippen LogP contribution in [-0.4, -0.2) is 29.3 Å². The van der Waals surface area contributed by atoms with Crippen LogP contribution in [0.1, 0.15) is 66.2 Å². The van der Waals surface area contributed by atoms with E-state index in [1.54, 1.807) is 11.3 Å². The van der Waals surface area contributed by atoms with Gasteiger partial charge in [-0.15, -0.1) is 11.3 Å². The molecule has 0 radical (unpaired) electrons. The van der Waals surface area contributed by atoms with Gasteiger partial charge in [-0.2, -0.15) is 0 Å². The Morgan fingerprint density at radius 1 is 1.00 bits per heavy atom. The van der Waals surface area contributed by atoms with Crippen molar-refractivity contribution in [3.8, 4) is 0 Å². The lowest BCUT2D eigenvalue weighted by Crippen LogP contribution is -2.47. The Hall–Kier alpha value is -2.14. The van der Waals surface area contributed by atoms with E-state index in [0.717, 1.165) is 30.6 Å². The number of nitrogens with zero attached hydrogens (tertiary/aromatic N) is 1. The molecule has 0 saturated heterocycles. The quantitative estimate of drug-likeness (QED) is 0.731. The van der Waals surface area contributed by atoms with Crippen LogP contribution in [0.2, 0.25) is 0 Å². The van der Waals surface area contributed by atoms with Crippen molar-refractivity contribution in [2.45, 2.75) is 57.0 Å². The molecule has 1 atom stereocenters. The van der Waals surface area contributed by atoms with E-state index < -0.39 is 6.04 Å². The van der Waals surface area contributed by atoms with Gasteiger partial charge in [0.1, 0.15) is 6.04 Å². The van der Waals surface area contributed by atoms with Crippen molar-refractivity contribution in [2.75, 3.05) is 6.54 Å². The summed E-state index contributed by atoms with van der Waals surface area (Å²) < 4.78 is 0. The van der Waals surface area contributed by atoms with Crippen LogP contribution in [0.4, 0.5) is 0 Å². The lowest BCUT2D eigenvalue weighted by Gasteiger charge is -2.33. The highest BCUT2D eigenvalue weighted by atomic mass is 32.1. The van der Waals surface area contributed by atoms with Gasteiger partial charge in [-0.25, -0.2) is 0 Å². The zero-order chi connectivity index (χ0) is 19.3. The van der Waals surface area contributed by atoms with Crippen molar-refractivity contribution < 1.29 is 9.59 Å². The molecular formula is C23H28N2O2S. The molecule has 4 rings (SSSR count). The van der Waals surface area contributed by atoms with E-state index in [9.17, 15) is 9.59 Å². The van der Waals surface area contributed by atoms with Crippen molar-refractivity contribution in [3.05, 3.63) is 58.3 Å². The summed E-state index contributed by atoms with van der Waals surface area (Å²) in [4.78, 5) is 29.5. The Morgan fingerprint density at radius 3 is 2.39 bits per heavy atom. The second-order valence-electron chi connectivity index (χ2n) is 8.03. The van der Waals surface area contributed by atoms with Crippen LogP contribution < -0.4 is 5.32 Å². The molecule has 0 bridgehead atoms. The summed E-state index contributed by atoms with van der Waals surface area (Å²) >= 11 is 1.56. The molecule has 1 unspecified atom stereocenters. The standard InChI is InChI=1S/C23H28N2O2S/c26-22(24-19-10-5-2-6-11-19)21(20-12-7-15-28-20)25(16-17-13-14-17)23(27)18-8-3-1-4-9-18/h1,3-4,7-9,12,15,17,19,21H,2,5-6,10-11,13-14,16H2,(H,24,26). The molecule has 5 heteroatoms. The minimum absolute atomic E-state index is 0.0284. The maximum atomic E-state index is 13.4. The summed E-state index contributed by atoms with van der Waals surface area (Å²) in [7, 11) is 0. The number of amides is 2. The number of thiophene rings is 1. The third-order valence-corrected chi connectivity index (χ3v) is 6.68. The topological polar surface area (TPSA) is 49.4 Å². The molecular weight excluding hydrogens is 368 g/mol. The number of hydrogen-bond acceptors (Lipinski definition) is 3. The maximum Gasteiger partial charge on any atom is 0.254 e. The van der Waals surface area contributed by atoms with E-state index in [4.69, 9.17) is 0 Å². The van der Waals surface area contributed by atoms with Gasteiger partial charge in [0.2, 0.25) is 5.91 Å². The highest BCUT2D eigenvalue weighted by Crippen LogP contribution is 2.35. The first-order valence-corrected chi connectivity index (χ1v) is 11.3. The van der Waals surface area contributed by atoms with Gasteiger partial charge in [0.05, 0.1) is 0 Å². The van der Waals surface area contributed by atoms with E-state index in [0.29, 0.717) is 18.0 Å². The average Bonchev–Trinajstić information content (AvgIpc) is 3.39. The second-order valence-corrected chi connectivity index (χ2v) is 9.01. The fourth-order valence-electron chi connectivity index (χ4n) is 4.03. The molecule has 148 valence electrons. The lowest BCUT2D eigenvalue weighted by atomic mass is 9.95. The first-order valence-electron chi connectivity index (χ1n) is 10.4. The van der Waals surface area contributed by atoms with Crippen LogP contribution in [0.5, 0.6) is 0 Å². The Kier molecular flexibility index (Phi) is 6.10. The van der Waals surface area contributed by atoms with E-state index >= 15 is 0 Å². The zero-order valence-corrected chi connectivity index (χ0v) is 17.0. The van der Waals surface area contributed by atoms with Crippen LogP contribution in [0.15, 0.2) is 47.8 Å². The fourth-order valence-corrected chi connectivity index (χ4v) is 4.86. The van der Waals surface area contributed by atoms with Gasteiger partial charge in [0, 0.05) is 23.0 Å². The number of nitrogens with one attached hydrogen (secondary N) is 1. The molecule has 4 nitrogen and oxygen atoms in total. The van der Waals surface area contributed by atoms with E-state index in [-0.39, 0.29) is 17.9 Å². The molecule has 0 spiro atoms. The molecule has 2 aromatic rings. The first kappa shape index (κ1) is 19.2. The third kappa shape index (κ3) is 4.64. The van der Waals surface area contributed by atoms with Gasteiger partial charge < -0.3 is 10.2 Å². The van der Waals surface area contributed by atoms with Crippen LogP contribution in [0.3, 0.4) is 0 Å². The van der Waals surface area contributed by atoms with Gasteiger partial charge in [0.15, 0.2) is 0 Å². The van der Waals surface area contributed by atoms with E-state index in [1.807, 2.05) is 52.7 Å². The van der Waals surface area contributed by atoms with Crippen molar-refractivity contribution >= 4 is 23.2 Å². The van der Waals surface area contributed by atoms with Crippen LogP contribution in [0, 0.1) is 5.92 Å². The minimum atomic E-state index is -0.546. The SMILES string of the molecule is O=C(NC1CCCCC1)C(c1cccs1)N(CC1CC1)C(=O)c1ccccc1. The lowest BCUT2D eigenvalue weighted by molar-refractivity contribution is -0.126. The largest absolute Gasteiger partial charge is 0.351 e. The second kappa shape index (κ2) is 8.91. The smallest absolute Gasteiger partial charge is 0.254 e. The molecule has 1 N–H and O–H groups in total. The van der Waals surface area contributed by atoms with Crippen molar-refractivity contribution in [1.29, 1.82) is 0 Å². The summed E-state index contributed by atoms with van der Waals surface area (Å²) in [6.07, 6.45) is 7.95. The molecule has 2 fully saturated rings. The summed E-state index contributed by atoms with van der Waals surface area (Å²) in [5, 5.41) is 5.25.